The first-order valence-corrected chi connectivity index (χ1v) is 11.0. The molecule has 4 aliphatic rings. The van der Waals surface area contributed by atoms with Crippen molar-refractivity contribution in [2.24, 2.45) is 40.4 Å². The highest BCUT2D eigenvalue weighted by Gasteiger charge is 2.61. The summed E-state index contributed by atoms with van der Waals surface area (Å²) in [6.07, 6.45) is 10.5. The summed E-state index contributed by atoms with van der Waals surface area (Å²) in [5, 5.41) is 0. The molecule has 0 saturated heterocycles. The van der Waals surface area contributed by atoms with Gasteiger partial charge >= 0.3 is 11.9 Å². The molecule has 4 rings (SSSR count). The maximum Gasteiger partial charge on any atom is 0.309 e. The van der Waals surface area contributed by atoms with Gasteiger partial charge in [0.25, 0.3) is 0 Å². The van der Waals surface area contributed by atoms with Gasteiger partial charge in [0.1, 0.15) is 6.10 Å². The molecule has 0 aliphatic heterocycles. The number of carbonyl (C=O) groups is 2. The van der Waals surface area contributed by atoms with Gasteiger partial charge in [-0.25, -0.2) is 0 Å². The number of fused-ring (bicyclic) bond motifs is 5. The largest absolute Gasteiger partial charge is 0.469 e. The number of esters is 2. The lowest BCUT2D eigenvalue weighted by atomic mass is 9.44. The molecule has 4 saturated carbocycles. The molecule has 0 spiro atoms. The molecule has 27 heavy (non-hydrogen) atoms. The van der Waals surface area contributed by atoms with Gasteiger partial charge in [-0.05, 0) is 92.3 Å². The Hall–Kier alpha value is -1.06. The van der Waals surface area contributed by atoms with Crippen molar-refractivity contribution in [3.63, 3.8) is 0 Å². The van der Waals surface area contributed by atoms with E-state index in [0.717, 1.165) is 37.5 Å². The van der Waals surface area contributed by atoms with Gasteiger partial charge in [-0.2, -0.15) is 0 Å². The Labute approximate surface area is 163 Å². The summed E-state index contributed by atoms with van der Waals surface area (Å²) in [6, 6.07) is 0. The van der Waals surface area contributed by atoms with Crippen LogP contribution in [0.5, 0.6) is 0 Å². The van der Waals surface area contributed by atoms with Crippen LogP contribution in [0.2, 0.25) is 0 Å². The van der Waals surface area contributed by atoms with E-state index in [1.54, 1.807) is 7.11 Å². The van der Waals surface area contributed by atoms with Crippen LogP contribution < -0.4 is 0 Å². The second-order valence-corrected chi connectivity index (χ2v) is 10.4. The summed E-state index contributed by atoms with van der Waals surface area (Å²) in [5.74, 6) is 2.85. The van der Waals surface area contributed by atoms with Crippen LogP contribution in [0.4, 0.5) is 0 Å². The van der Waals surface area contributed by atoms with Crippen LogP contribution in [0.1, 0.15) is 78.6 Å². The molecule has 0 aromatic carbocycles. The third kappa shape index (κ3) is 2.93. The smallest absolute Gasteiger partial charge is 0.309 e. The summed E-state index contributed by atoms with van der Waals surface area (Å²) in [4.78, 5) is 23.8. The van der Waals surface area contributed by atoms with E-state index in [-0.39, 0.29) is 29.4 Å². The zero-order valence-electron chi connectivity index (χ0n) is 17.5. The summed E-state index contributed by atoms with van der Waals surface area (Å²) in [7, 11) is 1.54. The van der Waals surface area contributed by atoms with E-state index >= 15 is 0 Å². The van der Waals surface area contributed by atoms with Crippen molar-refractivity contribution < 1.29 is 19.1 Å². The lowest BCUT2D eigenvalue weighted by molar-refractivity contribution is -0.164. The van der Waals surface area contributed by atoms with E-state index < -0.39 is 0 Å². The Balaban J connectivity index is 1.53. The summed E-state index contributed by atoms with van der Waals surface area (Å²) >= 11 is 0. The van der Waals surface area contributed by atoms with Crippen LogP contribution in [0.25, 0.3) is 0 Å². The minimum absolute atomic E-state index is 0.0141. The van der Waals surface area contributed by atoms with Crippen LogP contribution in [-0.4, -0.2) is 25.2 Å². The third-order valence-corrected chi connectivity index (χ3v) is 9.44. The first-order chi connectivity index (χ1) is 12.8. The van der Waals surface area contributed by atoms with Crippen molar-refractivity contribution in [2.75, 3.05) is 7.11 Å². The number of carbonyl (C=O) groups excluding carboxylic acids is 2. The molecule has 8 atom stereocenters. The van der Waals surface area contributed by atoms with Gasteiger partial charge in [0.15, 0.2) is 0 Å². The lowest BCUT2D eigenvalue weighted by Gasteiger charge is -2.60. The summed E-state index contributed by atoms with van der Waals surface area (Å²) < 4.78 is 10.7. The molecule has 0 radical (unpaired) electrons. The maximum absolute atomic E-state index is 12.4. The van der Waals surface area contributed by atoms with E-state index in [1.807, 2.05) is 0 Å². The van der Waals surface area contributed by atoms with E-state index in [9.17, 15) is 9.59 Å². The van der Waals surface area contributed by atoms with Crippen molar-refractivity contribution in [1.82, 2.24) is 0 Å². The minimum Gasteiger partial charge on any atom is -0.469 e. The molecular formula is C23H36O4. The minimum atomic E-state index is -0.134. The molecule has 4 heteroatoms. The molecule has 152 valence electrons. The first-order valence-electron chi connectivity index (χ1n) is 11.0. The fourth-order valence-corrected chi connectivity index (χ4v) is 8.09. The van der Waals surface area contributed by atoms with Crippen LogP contribution in [0, 0.1) is 40.4 Å². The Bertz CT molecular complexity index is 615. The average Bonchev–Trinajstić information content (AvgIpc) is 2.98. The van der Waals surface area contributed by atoms with Gasteiger partial charge in [-0.3, -0.25) is 9.59 Å². The number of hydrogen-bond donors (Lipinski definition) is 0. The van der Waals surface area contributed by atoms with Gasteiger partial charge in [-0.15, -0.1) is 0 Å². The number of ether oxygens (including phenoxy) is 2. The van der Waals surface area contributed by atoms with Crippen molar-refractivity contribution in [3.05, 3.63) is 0 Å². The summed E-state index contributed by atoms with van der Waals surface area (Å²) in [5.41, 5.74) is 0.511. The number of hydrogen-bond acceptors (Lipinski definition) is 4. The van der Waals surface area contributed by atoms with Gasteiger partial charge in [0, 0.05) is 6.92 Å². The van der Waals surface area contributed by atoms with Gasteiger partial charge in [-0.1, -0.05) is 13.8 Å². The molecule has 4 nitrogen and oxygen atoms in total. The van der Waals surface area contributed by atoms with Crippen LogP contribution in [0.15, 0.2) is 0 Å². The van der Waals surface area contributed by atoms with Crippen molar-refractivity contribution in [3.8, 4) is 0 Å². The highest BCUT2D eigenvalue weighted by molar-refractivity contribution is 5.73. The van der Waals surface area contributed by atoms with E-state index in [1.165, 1.54) is 39.0 Å². The highest BCUT2D eigenvalue weighted by Crippen LogP contribution is 2.67. The maximum atomic E-state index is 12.4. The Morgan fingerprint density at radius 2 is 1.59 bits per heavy atom. The normalized spacial score (nSPS) is 48.7. The predicted molar refractivity (Wildman–Crippen MR) is 103 cm³/mol. The molecule has 4 aliphatic carbocycles. The van der Waals surface area contributed by atoms with Crippen molar-refractivity contribution >= 4 is 11.9 Å². The van der Waals surface area contributed by atoms with Gasteiger partial charge in [0.2, 0.25) is 0 Å². The third-order valence-electron chi connectivity index (χ3n) is 9.44. The molecule has 0 amide bonds. The molecule has 0 heterocycles. The molecule has 4 fully saturated rings. The van der Waals surface area contributed by atoms with Gasteiger partial charge in [0.05, 0.1) is 13.0 Å². The molecular weight excluding hydrogens is 340 g/mol. The monoisotopic (exact) mass is 376 g/mol. The Morgan fingerprint density at radius 1 is 0.889 bits per heavy atom. The zero-order valence-corrected chi connectivity index (χ0v) is 17.5. The summed E-state index contributed by atoms with van der Waals surface area (Å²) in [6.45, 7) is 6.42. The number of methoxy groups -OCH3 is 1. The highest BCUT2D eigenvalue weighted by atomic mass is 16.5. The number of rotatable bonds is 2. The SMILES string of the molecule is COC(=O)[C@@H]1CC[C@@H]2[C@@H]3CC[C@H]4C[C@H](OC(C)=O)CC[C@]4(C)[C@H]3CC[C@@]21C. The second-order valence-electron chi connectivity index (χ2n) is 10.4. The predicted octanol–water partition coefficient (Wildman–Crippen LogP) is 4.75. The van der Waals surface area contributed by atoms with Crippen LogP contribution >= 0.6 is 0 Å². The zero-order chi connectivity index (χ0) is 19.4. The molecule has 0 unspecified atom stereocenters. The van der Waals surface area contributed by atoms with E-state index in [0.29, 0.717) is 17.3 Å². The van der Waals surface area contributed by atoms with Gasteiger partial charge < -0.3 is 9.47 Å². The standard InChI is InChI=1S/C23H36O4/c1-14(24)27-16-9-11-22(2)15(13-16)5-6-17-18-7-8-20(21(25)26-4)23(18,3)12-10-19(17)22/h15-20H,5-13H2,1-4H3/t15-,16+,17-,18+,19-,20-,22-,23-/m0/s1. The van der Waals surface area contributed by atoms with E-state index in [2.05, 4.69) is 13.8 Å². The van der Waals surface area contributed by atoms with E-state index in [4.69, 9.17) is 9.47 Å². The molecule has 0 bridgehead atoms. The van der Waals surface area contributed by atoms with Crippen LogP contribution in [0.3, 0.4) is 0 Å². The molecule has 0 N–H and O–H groups in total. The second kappa shape index (κ2) is 6.77. The average molecular weight is 377 g/mol. The Morgan fingerprint density at radius 3 is 2.30 bits per heavy atom. The molecule has 0 aromatic heterocycles. The van der Waals surface area contributed by atoms with Crippen LogP contribution in [-0.2, 0) is 19.1 Å². The fourth-order valence-electron chi connectivity index (χ4n) is 8.09. The lowest BCUT2D eigenvalue weighted by Crippen LogP contribution is -2.54. The quantitative estimate of drug-likeness (QED) is 0.653. The molecule has 0 aromatic rings. The topological polar surface area (TPSA) is 52.6 Å². The van der Waals surface area contributed by atoms with Crippen molar-refractivity contribution in [2.45, 2.75) is 84.7 Å². The van der Waals surface area contributed by atoms with Crippen molar-refractivity contribution in [1.29, 1.82) is 0 Å². The first kappa shape index (κ1) is 19.3. The fraction of sp³-hybridized carbons (Fsp3) is 0.913. The Kier molecular flexibility index (Phi) is 4.83.